The molecule has 1 heterocycles. The van der Waals surface area contributed by atoms with Gasteiger partial charge in [-0.25, -0.2) is 0 Å². The first-order chi connectivity index (χ1) is 18.4. The lowest BCUT2D eigenvalue weighted by molar-refractivity contribution is -0.143. The number of hydrogen-bond donors (Lipinski definition) is 1. The Balaban J connectivity index is 1.62. The zero-order valence-electron chi connectivity index (χ0n) is 21.8. The summed E-state index contributed by atoms with van der Waals surface area (Å²) in [5.74, 6) is -2.00. The Morgan fingerprint density at radius 3 is 2.50 bits per heavy atom. The van der Waals surface area contributed by atoms with E-state index >= 15 is 0 Å². The number of hydrogen-bond acceptors (Lipinski definition) is 5. The first kappa shape index (κ1) is 26.9. The van der Waals surface area contributed by atoms with E-state index in [0.717, 1.165) is 37.7 Å². The van der Waals surface area contributed by atoms with Crippen molar-refractivity contribution in [3.8, 4) is 0 Å². The van der Waals surface area contributed by atoms with Crippen LogP contribution in [-0.4, -0.2) is 52.7 Å². The molecule has 0 bridgehead atoms. The number of ketones is 1. The first-order valence-corrected chi connectivity index (χ1v) is 13.0. The number of Topliss-reactive ketones (excluding diaryl/α,β-unsaturated/α-hetero) is 1. The van der Waals surface area contributed by atoms with Gasteiger partial charge in [-0.1, -0.05) is 49.6 Å². The van der Waals surface area contributed by atoms with Crippen molar-refractivity contribution in [2.24, 2.45) is 0 Å². The molecule has 198 valence electrons. The second kappa shape index (κ2) is 12.4. The third kappa shape index (κ3) is 6.37. The third-order valence-electron chi connectivity index (χ3n) is 6.86. The molecule has 1 aliphatic rings. The van der Waals surface area contributed by atoms with Gasteiger partial charge in [-0.15, -0.1) is 0 Å². The molecule has 1 N–H and O–H groups in total. The van der Waals surface area contributed by atoms with Crippen molar-refractivity contribution < 1.29 is 23.9 Å². The van der Waals surface area contributed by atoms with Crippen LogP contribution < -0.4 is 5.32 Å². The van der Waals surface area contributed by atoms with Gasteiger partial charge >= 0.3 is 5.97 Å². The molecular formula is C30H33N3O5. The molecule has 1 aromatic heterocycles. The maximum atomic E-state index is 13.4. The Morgan fingerprint density at radius 1 is 1.05 bits per heavy atom. The molecule has 3 aromatic rings. The van der Waals surface area contributed by atoms with Crippen molar-refractivity contribution in [2.45, 2.75) is 51.6 Å². The van der Waals surface area contributed by atoms with E-state index in [1.54, 1.807) is 47.7 Å². The van der Waals surface area contributed by atoms with Gasteiger partial charge < -0.3 is 19.5 Å². The number of benzene rings is 2. The molecule has 38 heavy (non-hydrogen) atoms. The molecule has 4 rings (SSSR count). The third-order valence-corrected chi connectivity index (χ3v) is 6.86. The van der Waals surface area contributed by atoms with Gasteiger partial charge in [-0.05, 0) is 49.6 Å². The number of likely N-dealkylation sites (N-methyl/N-ethyl adjacent to an activating group) is 1. The number of amides is 2. The van der Waals surface area contributed by atoms with Crippen LogP contribution in [0.3, 0.4) is 0 Å². The van der Waals surface area contributed by atoms with Crippen LogP contribution in [0.4, 0.5) is 5.69 Å². The SMILES string of the molecule is CCOC(=O)Cn1cc(C(=O)C(=O)N(C)C2CCCCC2)c2cc(NC(=O)/C=C/c3ccccc3)ccc21. The molecule has 0 saturated heterocycles. The Hall–Kier alpha value is -4.20. The molecule has 0 unspecified atom stereocenters. The molecule has 0 aliphatic heterocycles. The van der Waals surface area contributed by atoms with Gasteiger partial charge in [-0.2, -0.15) is 0 Å². The minimum atomic E-state index is -0.641. The minimum Gasteiger partial charge on any atom is -0.465 e. The molecule has 0 spiro atoms. The number of nitrogens with one attached hydrogen (secondary N) is 1. The number of carbonyl (C=O) groups excluding carboxylic acids is 4. The highest BCUT2D eigenvalue weighted by Crippen LogP contribution is 2.28. The normalized spacial score (nSPS) is 13.9. The summed E-state index contributed by atoms with van der Waals surface area (Å²) in [4.78, 5) is 53.0. The van der Waals surface area contributed by atoms with Crippen LogP contribution >= 0.6 is 0 Å². The first-order valence-electron chi connectivity index (χ1n) is 13.0. The summed E-state index contributed by atoms with van der Waals surface area (Å²) >= 11 is 0. The fourth-order valence-corrected chi connectivity index (χ4v) is 4.86. The van der Waals surface area contributed by atoms with Crippen molar-refractivity contribution >= 4 is 46.2 Å². The highest BCUT2D eigenvalue weighted by atomic mass is 16.5. The van der Waals surface area contributed by atoms with Crippen molar-refractivity contribution in [3.63, 3.8) is 0 Å². The Morgan fingerprint density at radius 2 is 1.79 bits per heavy atom. The van der Waals surface area contributed by atoms with Crippen molar-refractivity contribution in [1.82, 2.24) is 9.47 Å². The van der Waals surface area contributed by atoms with E-state index in [2.05, 4.69) is 5.32 Å². The van der Waals surface area contributed by atoms with Crippen molar-refractivity contribution in [2.75, 3.05) is 19.0 Å². The predicted octanol–water partition coefficient (Wildman–Crippen LogP) is 4.83. The molecule has 1 aliphatic carbocycles. The summed E-state index contributed by atoms with van der Waals surface area (Å²) in [6, 6.07) is 14.6. The summed E-state index contributed by atoms with van der Waals surface area (Å²) in [5.41, 5.74) is 2.14. The van der Waals surface area contributed by atoms with Crippen molar-refractivity contribution in [1.29, 1.82) is 0 Å². The van der Waals surface area contributed by atoms with Gasteiger partial charge in [-0.3, -0.25) is 19.2 Å². The van der Waals surface area contributed by atoms with Crippen LogP contribution in [0.2, 0.25) is 0 Å². The fourth-order valence-electron chi connectivity index (χ4n) is 4.86. The van der Waals surface area contributed by atoms with Crippen molar-refractivity contribution in [3.05, 3.63) is 71.9 Å². The summed E-state index contributed by atoms with van der Waals surface area (Å²) in [6.45, 7) is 1.86. The largest absolute Gasteiger partial charge is 0.465 e. The quantitative estimate of drug-likeness (QED) is 0.191. The zero-order chi connectivity index (χ0) is 27.1. The van der Waals surface area contributed by atoms with E-state index in [1.807, 2.05) is 30.3 Å². The minimum absolute atomic E-state index is 0.0410. The average molecular weight is 516 g/mol. The number of esters is 1. The number of ether oxygens (including phenoxy) is 1. The summed E-state index contributed by atoms with van der Waals surface area (Å²) in [6.07, 6.45) is 9.65. The van der Waals surface area contributed by atoms with Gasteiger partial charge in [0.05, 0.1) is 12.2 Å². The summed E-state index contributed by atoms with van der Waals surface area (Å²) in [7, 11) is 1.68. The molecule has 2 amide bonds. The smallest absolute Gasteiger partial charge is 0.325 e. The van der Waals surface area contributed by atoms with Crippen LogP contribution in [-0.2, 0) is 25.7 Å². The van der Waals surface area contributed by atoms with Gasteiger partial charge in [0.2, 0.25) is 5.91 Å². The second-order valence-corrected chi connectivity index (χ2v) is 9.48. The molecule has 8 nitrogen and oxygen atoms in total. The lowest BCUT2D eigenvalue weighted by Gasteiger charge is -2.30. The van der Waals surface area contributed by atoms with E-state index in [0.29, 0.717) is 16.6 Å². The number of nitrogens with zero attached hydrogens (tertiary/aromatic N) is 2. The highest BCUT2D eigenvalue weighted by Gasteiger charge is 2.29. The monoisotopic (exact) mass is 515 g/mol. The molecule has 2 aromatic carbocycles. The lowest BCUT2D eigenvalue weighted by Crippen LogP contribution is -2.42. The van der Waals surface area contributed by atoms with Gasteiger partial charge in [0.1, 0.15) is 6.54 Å². The number of aromatic nitrogens is 1. The lowest BCUT2D eigenvalue weighted by atomic mass is 9.94. The van der Waals surface area contributed by atoms with E-state index in [1.165, 1.54) is 12.3 Å². The van der Waals surface area contributed by atoms with Crippen LogP contribution in [0.25, 0.3) is 17.0 Å². The summed E-state index contributed by atoms with van der Waals surface area (Å²) in [5, 5.41) is 3.29. The topological polar surface area (TPSA) is 97.7 Å². The molecule has 1 saturated carbocycles. The van der Waals surface area contributed by atoms with Crippen LogP contribution in [0.5, 0.6) is 0 Å². The standard InChI is InChI=1S/C30H33N3O5/c1-3-38-28(35)20-33-19-25(29(36)30(37)32(2)23-12-8-5-9-13-23)24-18-22(15-16-26(24)33)31-27(34)17-14-21-10-6-4-7-11-21/h4,6-7,10-11,14-19,23H,3,5,8-9,12-13,20H2,1-2H3,(H,31,34)/b17-14+. The van der Waals surface area contributed by atoms with Gasteiger partial charge in [0, 0.05) is 42.0 Å². The average Bonchev–Trinajstić information content (AvgIpc) is 3.29. The number of anilines is 1. The van der Waals surface area contributed by atoms with Crippen LogP contribution in [0, 0.1) is 0 Å². The van der Waals surface area contributed by atoms with Gasteiger partial charge in [0.25, 0.3) is 11.7 Å². The molecule has 0 atom stereocenters. The molecule has 0 radical (unpaired) electrons. The molecular weight excluding hydrogens is 482 g/mol. The second-order valence-electron chi connectivity index (χ2n) is 9.48. The number of carbonyl (C=O) groups is 4. The van der Waals surface area contributed by atoms with E-state index in [4.69, 9.17) is 4.74 Å². The van der Waals surface area contributed by atoms with E-state index in [9.17, 15) is 19.2 Å². The van der Waals surface area contributed by atoms with Crippen LogP contribution in [0.1, 0.15) is 54.9 Å². The number of fused-ring (bicyclic) bond motifs is 1. The van der Waals surface area contributed by atoms with E-state index < -0.39 is 17.7 Å². The van der Waals surface area contributed by atoms with Gasteiger partial charge in [0.15, 0.2) is 0 Å². The zero-order valence-corrected chi connectivity index (χ0v) is 21.8. The Kier molecular flexibility index (Phi) is 8.73. The van der Waals surface area contributed by atoms with E-state index in [-0.39, 0.29) is 30.7 Å². The maximum Gasteiger partial charge on any atom is 0.325 e. The maximum absolute atomic E-state index is 13.4. The highest BCUT2D eigenvalue weighted by molar-refractivity contribution is 6.45. The molecule has 1 fully saturated rings. The number of rotatable bonds is 9. The Labute approximate surface area is 222 Å². The fraction of sp³-hybridized carbons (Fsp3) is 0.333. The summed E-state index contributed by atoms with van der Waals surface area (Å²) < 4.78 is 6.69. The Bertz CT molecular complexity index is 1350. The predicted molar refractivity (Wildman–Crippen MR) is 147 cm³/mol. The molecule has 8 heteroatoms. The van der Waals surface area contributed by atoms with Crippen LogP contribution in [0.15, 0.2) is 60.8 Å².